The van der Waals surface area contributed by atoms with Crippen LogP contribution in [-0.2, 0) is 16.6 Å². The van der Waals surface area contributed by atoms with Gasteiger partial charge in [-0.3, -0.25) is 9.59 Å². The molecule has 0 radical (unpaired) electrons. The Kier molecular flexibility index (Phi) is 4.92. The molecule has 1 N–H and O–H groups in total. The molecule has 0 bridgehead atoms. The summed E-state index contributed by atoms with van der Waals surface area (Å²) in [4.78, 5) is 37.8. The van der Waals surface area contributed by atoms with Crippen molar-refractivity contribution in [2.75, 3.05) is 6.61 Å². The average molecular weight is 390 g/mol. The van der Waals surface area contributed by atoms with E-state index in [1.54, 1.807) is 19.2 Å². The van der Waals surface area contributed by atoms with Gasteiger partial charge in [0.1, 0.15) is 5.69 Å². The Hall–Kier alpha value is -3.41. The summed E-state index contributed by atoms with van der Waals surface area (Å²) < 4.78 is 6.58. The van der Waals surface area contributed by atoms with Crippen molar-refractivity contribution in [3.63, 3.8) is 0 Å². The predicted octanol–water partition coefficient (Wildman–Crippen LogP) is 2.95. The van der Waals surface area contributed by atoms with Crippen LogP contribution in [0.1, 0.15) is 28.9 Å². The van der Waals surface area contributed by atoms with Crippen LogP contribution in [-0.4, -0.2) is 29.1 Å². The molecule has 3 aromatic rings. The van der Waals surface area contributed by atoms with Gasteiger partial charge in [-0.25, -0.2) is 4.79 Å². The van der Waals surface area contributed by atoms with Crippen molar-refractivity contribution < 1.29 is 14.3 Å². The predicted molar refractivity (Wildman–Crippen MR) is 111 cm³/mol. The largest absolute Gasteiger partial charge is 0.451 e. The third kappa shape index (κ3) is 3.78. The third-order valence-electron chi connectivity index (χ3n) is 5.11. The lowest BCUT2D eigenvalue weighted by Gasteiger charge is -2.17. The van der Waals surface area contributed by atoms with Gasteiger partial charge in [-0.1, -0.05) is 48.0 Å². The second-order valence-corrected chi connectivity index (χ2v) is 7.42. The Morgan fingerprint density at radius 1 is 1.07 bits per heavy atom. The van der Waals surface area contributed by atoms with Gasteiger partial charge < -0.3 is 14.6 Å². The van der Waals surface area contributed by atoms with Crippen LogP contribution in [0.4, 0.5) is 0 Å². The lowest BCUT2D eigenvalue weighted by Crippen LogP contribution is -2.32. The van der Waals surface area contributed by atoms with Crippen LogP contribution in [0.2, 0.25) is 0 Å². The van der Waals surface area contributed by atoms with Gasteiger partial charge in [0, 0.05) is 24.0 Å². The number of carbonyl (C=O) groups excluding carboxylic acids is 2. The Labute approximate surface area is 168 Å². The number of ether oxygens (including phenoxy) is 1. The van der Waals surface area contributed by atoms with Crippen LogP contribution in [0.25, 0.3) is 21.9 Å². The van der Waals surface area contributed by atoms with E-state index in [4.69, 9.17) is 4.74 Å². The van der Waals surface area contributed by atoms with Crippen molar-refractivity contribution in [3.8, 4) is 11.1 Å². The molecule has 1 saturated carbocycles. The number of nitrogens with one attached hydrogen (secondary N) is 1. The first-order chi connectivity index (χ1) is 14.0. The molecule has 0 aliphatic heterocycles. The first kappa shape index (κ1) is 18.9. The Balaban J connectivity index is 1.80. The maximum absolute atomic E-state index is 13.0. The van der Waals surface area contributed by atoms with Gasteiger partial charge in [0.15, 0.2) is 6.61 Å². The zero-order valence-corrected chi connectivity index (χ0v) is 16.4. The number of hydrogen-bond donors (Lipinski definition) is 1. The Morgan fingerprint density at radius 2 is 1.72 bits per heavy atom. The van der Waals surface area contributed by atoms with E-state index in [-0.39, 0.29) is 29.8 Å². The van der Waals surface area contributed by atoms with Gasteiger partial charge in [-0.05, 0) is 36.8 Å². The monoisotopic (exact) mass is 390 g/mol. The summed E-state index contributed by atoms with van der Waals surface area (Å²) in [5.74, 6) is -1.03. The molecule has 148 valence electrons. The van der Waals surface area contributed by atoms with E-state index in [1.807, 2.05) is 43.3 Å². The molecule has 0 saturated heterocycles. The van der Waals surface area contributed by atoms with Gasteiger partial charge >= 0.3 is 5.97 Å². The second-order valence-electron chi connectivity index (χ2n) is 7.42. The molecule has 1 heterocycles. The van der Waals surface area contributed by atoms with E-state index < -0.39 is 5.97 Å². The molecule has 2 aromatic carbocycles. The SMILES string of the molecule is Cc1ccc(-c2c(C(=O)OCC(=O)NC3CC3)n(C)c(=O)c3ccccc23)cc1. The fraction of sp³-hybridized carbons (Fsp3) is 0.261. The average Bonchev–Trinajstić information content (AvgIpc) is 3.53. The highest BCUT2D eigenvalue weighted by Gasteiger charge is 2.26. The maximum atomic E-state index is 13.0. The fourth-order valence-corrected chi connectivity index (χ4v) is 3.41. The van der Waals surface area contributed by atoms with Crippen LogP contribution in [0, 0.1) is 6.92 Å². The zero-order chi connectivity index (χ0) is 20.5. The topological polar surface area (TPSA) is 77.4 Å². The standard InChI is InChI=1S/C23H22N2O4/c1-14-7-9-15(10-8-14)20-17-5-3-4-6-18(17)22(27)25(2)21(20)23(28)29-13-19(26)24-16-11-12-16/h3-10,16H,11-13H2,1-2H3,(H,24,26). The second kappa shape index (κ2) is 7.54. The minimum atomic E-state index is -0.697. The molecule has 0 spiro atoms. The Morgan fingerprint density at radius 3 is 2.38 bits per heavy atom. The number of aromatic nitrogens is 1. The van der Waals surface area contributed by atoms with E-state index in [0.29, 0.717) is 16.3 Å². The number of carbonyl (C=O) groups is 2. The number of fused-ring (bicyclic) bond motifs is 1. The molecule has 0 unspecified atom stereocenters. The molecule has 1 aliphatic rings. The van der Waals surface area contributed by atoms with Crippen molar-refractivity contribution in [3.05, 3.63) is 70.1 Å². The molecule has 4 rings (SSSR count). The fourth-order valence-electron chi connectivity index (χ4n) is 3.41. The number of aryl methyl sites for hydroxylation is 1. The third-order valence-corrected chi connectivity index (χ3v) is 5.11. The molecule has 6 heteroatoms. The van der Waals surface area contributed by atoms with Crippen LogP contribution in [0.15, 0.2) is 53.3 Å². The first-order valence-electron chi connectivity index (χ1n) is 9.61. The van der Waals surface area contributed by atoms with E-state index >= 15 is 0 Å². The number of amides is 1. The zero-order valence-electron chi connectivity index (χ0n) is 16.4. The van der Waals surface area contributed by atoms with Crippen molar-refractivity contribution in [2.45, 2.75) is 25.8 Å². The van der Waals surface area contributed by atoms with Crippen molar-refractivity contribution >= 4 is 22.6 Å². The molecule has 1 amide bonds. The number of esters is 1. The van der Waals surface area contributed by atoms with Gasteiger partial charge in [-0.2, -0.15) is 0 Å². The summed E-state index contributed by atoms with van der Waals surface area (Å²) in [6, 6.07) is 15.1. The van der Waals surface area contributed by atoms with Crippen molar-refractivity contribution in [1.29, 1.82) is 0 Å². The summed E-state index contributed by atoms with van der Waals surface area (Å²) in [7, 11) is 1.55. The highest BCUT2D eigenvalue weighted by Crippen LogP contribution is 2.31. The molecular weight excluding hydrogens is 368 g/mol. The first-order valence-corrected chi connectivity index (χ1v) is 9.61. The maximum Gasteiger partial charge on any atom is 0.356 e. The highest BCUT2D eigenvalue weighted by molar-refractivity contribution is 6.07. The molecule has 6 nitrogen and oxygen atoms in total. The summed E-state index contributed by atoms with van der Waals surface area (Å²) >= 11 is 0. The molecular formula is C23H22N2O4. The highest BCUT2D eigenvalue weighted by atomic mass is 16.5. The molecule has 29 heavy (non-hydrogen) atoms. The number of hydrogen-bond acceptors (Lipinski definition) is 4. The van der Waals surface area contributed by atoms with Gasteiger partial charge in [0.2, 0.25) is 0 Å². The van der Waals surface area contributed by atoms with Gasteiger partial charge in [0.05, 0.1) is 0 Å². The molecule has 1 aliphatic carbocycles. The number of benzene rings is 2. The van der Waals surface area contributed by atoms with E-state index in [1.165, 1.54) is 4.57 Å². The number of rotatable bonds is 5. The molecule has 0 atom stereocenters. The summed E-state index contributed by atoms with van der Waals surface area (Å²) in [5, 5.41) is 3.98. The van der Waals surface area contributed by atoms with Crippen molar-refractivity contribution in [2.24, 2.45) is 7.05 Å². The van der Waals surface area contributed by atoms with E-state index in [0.717, 1.165) is 24.0 Å². The van der Waals surface area contributed by atoms with Crippen LogP contribution >= 0.6 is 0 Å². The summed E-state index contributed by atoms with van der Waals surface area (Å²) in [5.41, 5.74) is 2.36. The lowest BCUT2D eigenvalue weighted by atomic mass is 9.96. The molecule has 1 fully saturated rings. The normalized spacial score (nSPS) is 13.3. The van der Waals surface area contributed by atoms with Crippen LogP contribution < -0.4 is 10.9 Å². The summed E-state index contributed by atoms with van der Waals surface area (Å²) in [6.07, 6.45) is 1.91. The van der Waals surface area contributed by atoms with Crippen LogP contribution in [0.5, 0.6) is 0 Å². The lowest BCUT2D eigenvalue weighted by molar-refractivity contribution is -0.124. The van der Waals surface area contributed by atoms with Gasteiger partial charge in [-0.15, -0.1) is 0 Å². The van der Waals surface area contributed by atoms with Crippen LogP contribution in [0.3, 0.4) is 0 Å². The number of pyridine rings is 1. The minimum absolute atomic E-state index is 0.136. The van der Waals surface area contributed by atoms with E-state index in [9.17, 15) is 14.4 Å². The quantitative estimate of drug-likeness (QED) is 0.680. The van der Waals surface area contributed by atoms with E-state index in [2.05, 4.69) is 5.32 Å². The minimum Gasteiger partial charge on any atom is -0.451 e. The smallest absolute Gasteiger partial charge is 0.356 e. The Bertz CT molecular complexity index is 1160. The number of nitrogens with zero attached hydrogens (tertiary/aromatic N) is 1. The van der Waals surface area contributed by atoms with Gasteiger partial charge in [0.25, 0.3) is 11.5 Å². The summed E-state index contributed by atoms with van der Waals surface area (Å²) in [6.45, 7) is 1.61. The van der Waals surface area contributed by atoms with Crippen molar-refractivity contribution in [1.82, 2.24) is 9.88 Å². The molecule has 1 aromatic heterocycles.